The Kier molecular flexibility index (Phi) is 5.54. The molecule has 2 aromatic heterocycles. The van der Waals surface area contributed by atoms with Crippen LogP contribution >= 0.6 is 11.3 Å². The molecule has 0 saturated carbocycles. The number of rotatable bonds is 6. The van der Waals surface area contributed by atoms with Gasteiger partial charge in [-0.15, -0.1) is 11.3 Å². The van der Waals surface area contributed by atoms with Gasteiger partial charge in [0, 0.05) is 31.6 Å². The summed E-state index contributed by atoms with van der Waals surface area (Å²) in [6, 6.07) is 9.95. The number of aromatic nitrogens is 1. The number of primary amides is 1. The van der Waals surface area contributed by atoms with Crippen molar-refractivity contribution in [3.05, 3.63) is 58.9 Å². The molecule has 2 aliphatic rings. The lowest BCUT2D eigenvalue weighted by Crippen LogP contribution is -2.60. The predicted molar refractivity (Wildman–Crippen MR) is 121 cm³/mol. The molecule has 5 rings (SSSR count). The van der Waals surface area contributed by atoms with Crippen LogP contribution in [0.4, 0.5) is 4.39 Å². The molecule has 3 atom stereocenters. The van der Waals surface area contributed by atoms with Crippen molar-refractivity contribution in [2.24, 2.45) is 5.73 Å². The maximum atomic E-state index is 13.3. The van der Waals surface area contributed by atoms with Crippen LogP contribution in [0.2, 0.25) is 0 Å². The Balaban J connectivity index is 1.37. The van der Waals surface area contributed by atoms with Crippen molar-refractivity contribution >= 4 is 33.4 Å². The monoisotopic (exact) mass is 469 g/mol. The van der Waals surface area contributed by atoms with Gasteiger partial charge in [-0.2, -0.15) is 0 Å². The average molecular weight is 470 g/mol. The van der Waals surface area contributed by atoms with E-state index in [1.165, 1.54) is 30.6 Å². The number of hydrogen-bond acceptors (Lipinski definition) is 7. The van der Waals surface area contributed by atoms with E-state index in [-0.39, 0.29) is 11.9 Å². The molecule has 3 aromatic rings. The largest absolute Gasteiger partial charge is 0.494 e. The summed E-state index contributed by atoms with van der Waals surface area (Å²) in [5.74, 6) is -0.749. The molecule has 1 aromatic carbocycles. The molecule has 1 amide bonds. The smallest absolute Gasteiger partial charge is 0.352 e. The molecule has 2 fully saturated rings. The highest BCUT2D eigenvalue weighted by atomic mass is 32.1. The Hall–Kier alpha value is -3.04. The first-order valence-corrected chi connectivity index (χ1v) is 11.7. The standard InChI is InChI=1S/C24H24FN3O4S/c1-31-19-18-3-2-10-27-21(18)33-20(19)22(29)32-17-11-16-8-9-24(12-17,23(26)30)28(16)13-14-4-6-15(25)7-5-14/h2-7,10,16-17H,8-9,11-13H2,1H3,(H2,26,30). The van der Waals surface area contributed by atoms with Crippen molar-refractivity contribution in [3.8, 4) is 5.75 Å². The molecular weight excluding hydrogens is 445 g/mol. The number of nitrogens with zero attached hydrogens (tertiary/aromatic N) is 2. The van der Waals surface area contributed by atoms with E-state index in [4.69, 9.17) is 15.2 Å². The van der Waals surface area contributed by atoms with Crippen LogP contribution in [-0.4, -0.2) is 46.6 Å². The van der Waals surface area contributed by atoms with Gasteiger partial charge in [-0.25, -0.2) is 14.2 Å². The van der Waals surface area contributed by atoms with Gasteiger partial charge in [-0.05, 0) is 42.7 Å². The minimum Gasteiger partial charge on any atom is -0.494 e. The fraction of sp³-hybridized carbons (Fsp3) is 0.375. The Morgan fingerprint density at radius 3 is 2.82 bits per heavy atom. The first-order valence-electron chi connectivity index (χ1n) is 10.8. The summed E-state index contributed by atoms with van der Waals surface area (Å²) in [6.45, 7) is 0.490. The molecule has 2 N–H and O–H groups in total. The Labute approximate surface area is 194 Å². The molecule has 2 bridgehead atoms. The quantitative estimate of drug-likeness (QED) is 0.554. The second kappa shape index (κ2) is 8.39. The summed E-state index contributed by atoms with van der Waals surface area (Å²) in [4.78, 5) is 33.2. The van der Waals surface area contributed by atoms with E-state index >= 15 is 0 Å². The van der Waals surface area contributed by atoms with Crippen molar-refractivity contribution in [1.29, 1.82) is 0 Å². The third-order valence-electron chi connectivity index (χ3n) is 6.79. The van der Waals surface area contributed by atoms with Gasteiger partial charge in [0.25, 0.3) is 0 Å². The molecule has 4 heterocycles. The summed E-state index contributed by atoms with van der Waals surface area (Å²) in [5, 5.41) is 0.764. The van der Waals surface area contributed by atoms with E-state index in [1.54, 1.807) is 24.4 Å². The number of thiophene rings is 1. The van der Waals surface area contributed by atoms with Crippen molar-refractivity contribution in [2.45, 2.75) is 49.9 Å². The highest BCUT2D eigenvalue weighted by molar-refractivity contribution is 7.20. The minimum absolute atomic E-state index is 0.0417. The van der Waals surface area contributed by atoms with Crippen molar-refractivity contribution in [1.82, 2.24) is 9.88 Å². The van der Waals surface area contributed by atoms with E-state index < -0.39 is 23.5 Å². The SMILES string of the molecule is COc1c(C(=O)OC2CC3CCC(C(N)=O)(C2)N3Cc2ccc(F)cc2)sc2ncccc12. The molecule has 0 aliphatic carbocycles. The van der Waals surface area contributed by atoms with Crippen LogP contribution in [0.3, 0.4) is 0 Å². The maximum absolute atomic E-state index is 13.3. The van der Waals surface area contributed by atoms with E-state index in [2.05, 4.69) is 9.88 Å². The topological polar surface area (TPSA) is 94.8 Å². The number of carbonyl (C=O) groups is 2. The van der Waals surface area contributed by atoms with Gasteiger partial charge in [0.15, 0.2) is 10.6 Å². The van der Waals surface area contributed by atoms with Gasteiger partial charge in [0.2, 0.25) is 5.91 Å². The number of amides is 1. The van der Waals surface area contributed by atoms with Crippen LogP contribution in [0.5, 0.6) is 5.75 Å². The Morgan fingerprint density at radius 1 is 1.30 bits per heavy atom. The number of nitrogens with two attached hydrogens (primary N) is 1. The first-order chi connectivity index (χ1) is 15.9. The highest BCUT2D eigenvalue weighted by Crippen LogP contribution is 2.46. The number of hydrogen-bond donors (Lipinski definition) is 1. The minimum atomic E-state index is -0.895. The van der Waals surface area contributed by atoms with Gasteiger partial charge in [0.1, 0.15) is 22.3 Å². The van der Waals surface area contributed by atoms with Gasteiger partial charge < -0.3 is 15.2 Å². The lowest BCUT2D eigenvalue weighted by molar-refractivity contribution is -0.136. The molecule has 0 spiro atoms. The number of esters is 1. The summed E-state index contributed by atoms with van der Waals surface area (Å²) in [5.41, 5.74) is 5.92. The first kappa shape index (κ1) is 21.8. The lowest BCUT2D eigenvalue weighted by atomic mass is 9.85. The lowest BCUT2D eigenvalue weighted by Gasteiger charge is -2.45. The number of ether oxygens (including phenoxy) is 2. The van der Waals surface area contributed by atoms with Crippen molar-refractivity contribution in [2.75, 3.05) is 7.11 Å². The maximum Gasteiger partial charge on any atom is 0.352 e. The number of benzene rings is 1. The van der Waals surface area contributed by atoms with Crippen LogP contribution in [0, 0.1) is 5.82 Å². The van der Waals surface area contributed by atoms with Crippen LogP contribution in [0.25, 0.3) is 10.2 Å². The van der Waals surface area contributed by atoms with E-state index in [1.807, 2.05) is 6.07 Å². The zero-order valence-electron chi connectivity index (χ0n) is 18.1. The summed E-state index contributed by atoms with van der Waals surface area (Å²) in [7, 11) is 1.52. The van der Waals surface area contributed by atoms with Gasteiger partial charge in [-0.1, -0.05) is 12.1 Å². The highest BCUT2D eigenvalue weighted by Gasteiger charge is 2.56. The normalized spacial score (nSPS) is 24.7. The van der Waals surface area contributed by atoms with Gasteiger partial charge >= 0.3 is 5.97 Å². The number of fused-ring (bicyclic) bond motifs is 3. The molecule has 3 unspecified atom stereocenters. The van der Waals surface area contributed by atoms with Crippen LogP contribution in [0.15, 0.2) is 42.6 Å². The van der Waals surface area contributed by atoms with Crippen LogP contribution in [-0.2, 0) is 16.1 Å². The van der Waals surface area contributed by atoms with Gasteiger partial charge in [0.05, 0.1) is 12.5 Å². The molecule has 2 saturated heterocycles. The molecule has 172 valence electrons. The van der Waals surface area contributed by atoms with E-state index in [9.17, 15) is 14.0 Å². The number of piperidine rings is 1. The van der Waals surface area contributed by atoms with Crippen LogP contribution < -0.4 is 10.5 Å². The summed E-state index contributed by atoms with van der Waals surface area (Å²) >= 11 is 1.23. The Bertz CT molecular complexity index is 1210. The van der Waals surface area contributed by atoms with E-state index in [0.717, 1.165) is 17.4 Å². The molecule has 0 radical (unpaired) electrons. The zero-order chi connectivity index (χ0) is 23.2. The van der Waals surface area contributed by atoms with Crippen molar-refractivity contribution < 1.29 is 23.5 Å². The van der Waals surface area contributed by atoms with Gasteiger partial charge in [-0.3, -0.25) is 9.69 Å². The molecule has 33 heavy (non-hydrogen) atoms. The van der Waals surface area contributed by atoms with Crippen molar-refractivity contribution in [3.63, 3.8) is 0 Å². The third kappa shape index (κ3) is 3.75. The molecule has 7 nitrogen and oxygen atoms in total. The summed E-state index contributed by atoms with van der Waals surface area (Å²) in [6.07, 6.45) is 3.56. The third-order valence-corrected chi connectivity index (χ3v) is 7.87. The number of halogens is 1. The zero-order valence-corrected chi connectivity index (χ0v) is 18.9. The fourth-order valence-electron chi connectivity index (χ4n) is 5.26. The second-order valence-corrected chi connectivity index (χ2v) is 9.63. The average Bonchev–Trinajstić information content (AvgIpc) is 3.28. The summed E-state index contributed by atoms with van der Waals surface area (Å²) < 4.78 is 24.7. The van der Waals surface area contributed by atoms with Crippen LogP contribution in [0.1, 0.15) is 40.9 Å². The fourth-order valence-corrected chi connectivity index (χ4v) is 6.25. The predicted octanol–water partition coefficient (Wildman–Crippen LogP) is 3.65. The number of methoxy groups -OCH3 is 1. The molecule has 9 heteroatoms. The molecular formula is C24H24FN3O4S. The number of carbonyl (C=O) groups excluding carboxylic acids is 2. The second-order valence-electron chi connectivity index (χ2n) is 8.63. The van der Waals surface area contributed by atoms with E-state index in [0.29, 0.717) is 41.3 Å². The number of pyridine rings is 1. The molecule has 2 aliphatic heterocycles. The Morgan fingerprint density at radius 2 is 2.09 bits per heavy atom.